The number of rotatable bonds is 16. The van der Waals surface area contributed by atoms with Crippen LogP contribution >= 0.6 is 0 Å². The first-order valence-electron chi connectivity index (χ1n) is 20.2. The van der Waals surface area contributed by atoms with Gasteiger partial charge >= 0.3 is 18.0 Å². The first kappa shape index (κ1) is 43.3. The molecule has 0 aliphatic rings. The van der Waals surface area contributed by atoms with Crippen LogP contribution < -0.4 is 19.5 Å². The van der Waals surface area contributed by atoms with Gasteiger partial charge in [-0.1, -0.05) is 114 Å². The standard InChI is InChI=1S/C51H46N6O6/c1-49(2,34-7-19-40(20-8-34)52-31-58)37-13-25-43(26-14-37)61-46-55-47(62-44-27-15-38(16-28-44)50(3,4)35-9-21-41(22-10-35)53-32-59)57-48(56-46)63-45-29-17-39(18-30-45)51(5,6)36-11-23-42(24-12-36)54-33-60/h7-30,52,58H,31H2,1-6H3. The van der Waals surface area contributed by atoms with Crippen molar-refractivity contribution in [2.45, 2.75) is 57.8 Å². The summed E-state index contributed by atoms with van der Waals surface area (Å²) in [6, 6.07) is 45.8. The Bertz CT molecular complexity index is 2620. The van der Waals surface area contributed by atoms with Crippen molar-refractivity contribution < 1.29 is 28.9 Å². The lowest BCUT2D eigenvalue weighted by atomic mass is 9.78. The highest BCUT2D eigenvalue weighted by Crippen LogP contribution is 2.37. The predicted molar refractivity (Wildman–Crippen MR) is 241 cm³/mol. The Balaban J connectivity index is 1.14. The van der Waals surface area contributed by atoms with Gasteiger partial charge in [0, 0.05) is 21.9 Å². The quantitative estimate of drug-likeness (QED) is 0.0545. The molecular formula is C51H46N6O6. The van der Waals surface area contributed by atoms with Crippen LogP contribution in [0.25, 0.3) is 0 Å². The van der Waals surface area contributed by atoms with Gasteiger partial charge in [0.15, 0.2) is 0 Å². The zero-order chi connectivity index (χ0) is 44.6. The summed E-state index contributed by atoms with van der Waals surface area (Å²) in [4.78, 5) is 42.3. The number of ether oxygens (including phenoxy) is 3. The molecule has 12 nitrogen and oxygen atoms in total. The van der Waals surface area contributed by atoms with Gasteiger partial charge in [0.05, 0.1) is 11.4 Å². The van der Waals surface area contributed by atoms with Gasteiger partial charge in [0.2, 0.25) is 12.2 Å². The molecule has 2 N–H and O–H groups in total. The average Bonchev–Trinajstić information content (AvgIpc) is 3.28. The van der Waals surface area contributed by atoms with Crippen molar-refractivity contribution in [3.8, 4) is 35.3 Å². The summed E-state index contributed by atoms with van der Waals surface area (Å²) in [7, 11) is 0. The predicted octanol–water partition coefficient (Wildman–Crippen LogP) is 11.5. The third-order valence-corrected chi connectivity index (χ3v) is 11.3. The van der Waals surface area contributed by atoms with Crippen molar-refractivity contribution in [1.29, 1.82) is 0 Å². The van der Waals surface area contributed by atoms with Crippen LogP contribution in [0.2, 0.25) is 0 Å². The molecule has 12 heteroatoms. The van der Waals surface area contributed by atoms with Crippen LogP contribution in [0.4, 0.5) is 17.1 Å². The minimum Gasteiger partial charge on any atom is -0.424 e. The monoisotopic (exact) mass is 838 g/mol. The molecule has 316 valence electrons. The van der Waals surface area contributed by atoms with Crippen molar-refractivity contribution in [2.75, 3.05) is 12.0 Å². The summed E-state index contributed by atoms with van der Waals surface area (Å²) in [5.74, 6) is 1.46. The van der Waals surface area contributed by atoms with Gasteiger partial charge in [-0.3, -0.25) is 0 Å². The zero-order valence-electron chi connectivity index (χ0n) is 35.8. The third kappa shape index (κ3) is 10.1. The van der Waals surface area contributed by atoms with E-state index < -0.39 is 0 Å². The first-order valence-corrected chi connectivity index (χ1v) is 20.2. The Morgan fingerprint density at radius 1 is 0.444 bits per heavy atom. The van der Waals surface area contributed by atoms with Gasteiger partial charge in [0.1, 0.15) is 24.0 Å². The summed E-state index contributed by atoms with van der Waals surface area (Å²) in [6.07, 6.45) is 3.15. The largest absolute Gasteiger partial charge is 0.424 e. The number of aliphatic imine (C=N–C) groups is 2. The second-order valence-corrected chi connectivity index (χ2v) is 16.3. The van der Waals surface area contributed by atoms with Gasteiger partial charge < -0.3 is 24.6 Å². The van der Waals surface area contributed by atoms with E-state index >= 15 is 0 Å². The number of hydrogen-bond donors (Lipinski definition) is 2. The normalized spacial score (nSPS) is 11.5. The molecule has 0 aliphatic carbocycles. The highest BCUT2D eigenvalue weighted by Gasteiger charge is 2.26. The Labute approximate surface area is 366 Å². The highest BCUT2D eigenvalue weighted by molar-refractivity contribution is 5.53. The van der Waals surface area contributed by atoms with E-state index in [2.05, 4.69) is 71.8 Å². The number of carbonyl (C=O) groups excluding carboxylic acids is 2. The molecule has 0 radical (unpaired) electrons. The molecule has 0 spiro atoms. The molecule has 7 rings (SSSR count). The number of aliphatic hydroxyl groups is 1. The van der Waals surface area contributed by atoms with E-state index in [1.165, 1.54) is 0 Å². The Kier molecular flexibility index (Phi) is 12.7. The van der Waals surface area contributed by atoms with E-state index in [4.69, 9.17) is 14.2 Å². The maximum absolute atomic E-state index is 10.7. The van der Waals surface area contributed by atoms with E-state index in [0.29, 0.717) is 28.6 Å². The number of anilines is 1. The van der Waals surface area contributed by atoms with Crippen LogP contribution in [-0.2, 0) is 25.8 Å². The molecule has 0 bridgehead atoms. The molecule has 0 amide bonds. The molecule has 63 heavy (non-hydrogen) atoms. The van der Waals surface area contributed by atoms with Crippen molar-refractivity contribution in [1.82, 2.24) is 15.0 Å². The number of nitrogens with one attached hydrogen (secondary N) is 1. The van der Waals surface area contributed by atoms with E-state index in [9.17, 15) is 14.7 Å². The highest BCUT2D eigenvalue weighted by atomic mass is 16.5. The van der Waals surface area contributed by atoms with Gasteiger partial charge in [-0.05, 0) is 106 Å². The molecule has 6 aromatic carbocycles. The Hall–Kier alpha value is -7.75. The third-order valence-electron chi connectivity index (χ3n) is 11.3. The van der Waals surface area contributed by atoms with Crippen LogP contribution in [0.15, 0.2) is 156 Å². The maximum Gasteiger partial charge on any atom is 0.331 e. The molecule has 0 saturated heterocycles. The van der Waals surface area contributed by atoms with Gasteiger partial charge in [0.25, 0.3) is 0 Å². The molecule has 1 heterocycles. The van der Waals surface area contributed by atoms with Crippen molar-refractivity contribution in [2.24, 2.45) is 9.98 Å². The van der Waals surface area contributed by atoms with E-state index in [1.807, 2.05) is 121 Å². The van der Waals surface area contributed by atoms with Crippen LogP contribution in [0.3, 0.4) is 0 Å². The van der Waals surface area contributed by atoms with Crippen LogP contribution in [0.5, 0.6) is 35.3 Å². The number of isocyanates is 2. The van der Waals surface area contributed by atoms with E-state index in [-0.39, 0.29) is 41.0 Å². The SMILES string of the molecule is CC(C)(c1ccc(N=C=O)cc1)c1ccc(Oc2nc(Oc3ccc(C(C)(C)c4ccc(N=C=O)cc4)cc3)nc(Oc3ccc(C(C)(C)c4ccc(NCO)cc4)cc3)n2)cc1. The summed E-state index contributed by atoms with van der Waals surface area (Å²) in [6.45, 7) is 12.6. The number of hydrogen-bond acceptors (Lipinski definition) is 12. The molecule has 7 aromatic rings. The first-order chi connectivity index (χ1) is 30.3. The minimum absolute atomic E-state index is 0.0331. The smallest absolute Gasteiger partial charge is 0.331 e. The summed E-state index contributed by atoms with van der Waals surface area (Å²) in [5.41, 5.74) is 7.17. The second kappa shape index (κ2) is 18.5. The number of aliphatic hydroxyl groups excluding tert-OH is 1. The van der Waals surface area contributed by atoms with Crippen molar-refractivity contribution >= 4 is 29.2 Å². The van der Waals surface area contributed by atoms with Crippen molar-refractivity contribution in [3.05, 3.63) is 179 Å². The lowest BCUT2D eigenvalue weighted by molar-refractivity contribution is 0.325. The maximum atomic E-state index is 10.7. The number of aromatic nitrogens is 3. The van der Waals surface area contributed by atoms with Gasteiger partial charge in [-0.15, -0.1) is 15.0 Å². The van der Waals surface area contributed by atoms with E-state index in [1.54, 1.807) is 36.4 Å². The average molecular weight is 839 g/mol. The van der Waals surface area contributed by atoms with E-state index in [0.717, 1.165) is 39.1 Å². The van der Waals surface area contributed by atoms with Crippen LogP contribution in [-0.4, -0.2) is 38.9 Å². The van der Waals surface area contributed by atoms with Gasteiger partial charge in [-0.2, -0.15) is 9.98 Å². The topological polar surface area (TPSA) is 157 Å². The van der Waals surface area contributed by atoms with Gasteiger partial charge in [-0.25, -0.2) is 9.59 Å². The molecule has 0 saturated carbocycles. The summed E-state index contributed by atoms with van der Waals surface area (Å²) >= 11 is 0. The number of nitrogens with zero attached hydrogens (tertiary/aromatic N) is 5. The Morgan fingerprint density at radius 2 is 0.698 bits per heavy atom. The molecule has 0 aliphatic heterocycles. The fourth-order valence-electron chi connectivity index (χ4n) is 7.20. The second-order valence-electron chi connectivity index (χ2n) is 16.3. The molecule has 0 atom stereocenters. The lowest BCUT2D eigenvalue weighted by Crippen LogP contribution is -2.18. The summed E-state index contributed by atoms with van der Waals surface area (Å²) < 4.78 is 18.6. The lowest BCUT2D eigenvalue weighted by Gasteiger charge is -2.26. The van der Waals surface area contributed by atoms with Crippen LogP contribution in [0, 0.1) is 0 Å². The molecular weight excluding hydrogens is 793 g/mol. The zero-order valence-corrected chi connectivity index (χ0v) is 35.8. The fraction of sp³-hybridized carbons (Fsp3) is 0.196. The molecule has 0 unspecified atom stereocenters. The Morgan fingerprint density at radius 3 is 0.952 bits per heavy atom. The number of benzene rings is 6. The van der Waals surface area contributed by atoms with Crippen LogP contribution in [0.1, 0.15) is 74.9 Å². The molecule has 1 aromatic heterocycles. The molecule has 0 fully saturated rings. The van der Waals surface area contributed by atoms with Crippen molar-refractivity contribution in [3.63, 3.8) is 0 Å². The minimum atomic E-state index is -0.369. The summed E-state index contributed by atoms with van der Waals surface area (Å²) in [5, 5.41) is 12.1. The fourth-order valence-corrected chi connectivity index (χ4v) is 7.20.